The standard InChI is InChI=1S/C21H28O4/c1-19-7-5-13(22)9-12(19)3-4-14-15-6-8-21(17(24)11-25-21)20(15,2)10-16(23)18(14)19/h9,14-16,18,23H,3-8,10-11H2,1-2H3/t14?,15?,16-,18?,19-,20-,21-/m0/s1. The number of fused-ring (bicyclic) bond motifs is 6. The van der Waals surface area contributed by atoms with Gasteiger partial charge in [-0.05, 0) is 67.8 Å². The summed E-state index contributed by atoms with van der Waals surface area (Å²) in [4.78, 5) is 24.4. The molecule has 7 atom stereocenters. The third-order valence-electron chi connectivity index (χ3n) is 8.92. The number of ketones is 2. The van der Waals surface area contributed by atoms with Crippen molar-refractivity contribution < 1.29 is 19.4 Å². The molecule has 1 spiro atoms. The largest absolute Gasteiger partial charge is 0.393 e. The highest BCUT2D eigenvalue weighted by Gasteiger charge is 2.71. The van der Waals surface area contributed by atoms with E-state index >= 15 is 0 Å². The van der Waals surface area contributed by atoms with Gasteiger partial charge in [0.15, 0.2) is 11.6 Å². The molecule has 1 saturated heterocycles. The lowest BCUT2D eigenvalue weighted by Crippen LogP contribution is -2.67. The zero-order valence-electron chi connectivity index (χ0n) is 15.2. The molecule has 3 saturated carbocycles. The number of aliphatic hydroxyl groups is 1. The number of carbonyl (C=O) groups is 2. The first-order chi connectivity index (χ1) is 11.8. The number of hydrogen-bond donors (Lipinski definition) is 1. The van der Waals surface area contributed by atoms with Crippen LogP contribution in [0.25, 0.3) is 0 Å². The van der Waals surface area contributed by atoms with Gasteiger partial charge in [-0.3, -0.25) is 9.59 Å². The summed E-state index contributed by atoms with van der Waals surface area (Å²) in [7, 11) is 0. The monoisotopic (exact) mass is 344 g/mol. The molecule has 0 radical (unpaired) electrons. The summed E-state index contributed by atoms with van der Waals surface area (Å²) in [5.74, 6) is 1.58. The molecule has 0 bridgehead atoms. The van der Waals surface area contributed by atoms with Crippen molar-refractivity contribution in [2.75, 3.05) is 6.61 Å². The van der Waals surface area contributed by atoms with Gasteiger partial charge in [0.2, 0.25) is 0 Å². The molecule has 0 aromatic rings. The Bertz CT molecular complexity index is 696. The molecule has 5 rings (SSSR count). The van der Waals surface area contributed by atoms with E-state index in [1.807, 2.05) is 6.08 Å². The molecular weight excluding hydrogens is 316 g/mol. The quantitative estimate of drug-likeness (QED) is 0.734. The lowest BCUT2D eigenvalue weighted by Gasteiger charge is -2.62. The third kappa shape index (κ3) is 1.76. The molecule has 4 fully saturated rings. The molecule has 1 heterocycles. The Balaban J connectivity index is 1.55. The molecule has 1 N–H and O–H groups in total. The molecule has 136 valence electrons. The molecule has 0 aromatic heterocycles. The van der Waals surface area contributed by atoms with Gasteiger partial charge in [-0.2, -0.15) is 0 Å². The Morgan fingerprint density at radius 3 is 2.64 bits per heavy atom. The number of aliphatic hydroxyl groups excluding tert-OH is 1. The van der Waals surface area contributed by atoms with Crippen molar-refractivity contribution in [3.63, 3.8) is 0 Å². The van der Waals surface area contributed by atoms with E-state index in [0.717, 1.165) is 32.1 Å². The average Bonchev–Trinajstić information content (AvgIpc) is 2.88. The third-order valence-corrected chi connectivity index (χ3v) is 8.92. The van der Waals surface area contributed by atoms with Crippen molar-refractivity contribution in [2.45, 2.75) is 70.5 Å². The summed E-state index contributed by atoms with van der Waals surface area (Å²) >= 11 is 0. The van der Waals surface area contributed by atoms with Crippen molar-refractivity contribution in [3.8, 4) is 0 Å². The van der Waals surface area contributed by atoms with E-state index in [0.29, 0.717) is 24.7 Å². The molecule has 3 unspecified atom stereocenters. The summed E-state index contributed by atoms with van der Waals surface area (Å²) in [5, 5.41) is 11.2. The van der Waals surface area contributed by atoms with Gasteiger partial charge in [-0.1, -0.05) is 19.4 Å². The fourth-order valence-corrected chi connectivity index (χ4v) is 7.68. The predicted octanol–water partition coefficient (Wildman–Crippen LogP) is 2.83. The topological polar surface area (TPSA) is 63.6 Å². The highest BCUT2D eigenvalue weighted by molar-refractivity contribution is 5.94. The molecule has 4 aliphatic carbocycles. The molecule has 25 heavy (non-hydrogen) atoms. The maximum Gasteiger partial charge on any atom is 0.190 e. The Labute approximate surface area is 149 Å². The summed E-state index contributed by atoms with van der Waals surface area (Å²) in [5.41, 5.74) is 0.350. The minimum atomic E-state index is -0.622. The molecule has 5 aliphatic rings. The van der Waals surface area contributed by atoms with Crippen LogP contribution < -0.4 is 0 Å². The summed E-state index contributed by atoms with van der Waals surface area (Å²) in [6, 6.07) is 0. The van der Waals surface area contributed by atoms with Crippen molar-refractivity contribution >= 4 is 11.6 Å². The van der Waals surface area contributed by atoms with Gasteiger partial charge in [-0.15, -0.1) is 0 Å². The van der Waals surface area contributed by atoms with E-state index in [1.165, 1.54) is 5.57 Å². The van der Waals surface area contributed by atoms with Gasteiger partial charge >= 0.3 is 0 Å². The van der Waals surface area contributed by atoms with Crippen LogP contribution in [0.3, 0.4) is 0 Å². The van der Waals surface area contributed by atoms with Crippen LogP contribution in [-0.4, -0.2) is 35.0 Å². The first-order valence-electron chi connectivity index (χ1n) is 9.91. The van der Waals surface area contributed by atoms with Crippen LogP contribution in [0.2, 0.25) is 0 Å². The van der Waals surface area contributed by atoms with Gasteiger partial charge in [0.05, 0.1) is 6.10 Å². The predicted molar refractivity (Wildman–Crippen MR) is 91.8 cm³/mol. The van der Waals surface area contributed by atoms with Crippen molar-refractivity contribution in [1.82, 2.24) is 0 Å². The SMILES string of the molecule is C[C@]12CCC(=O)C=C1CCC1C2[C@@H](O)C[C@@]2(C)C1CC[C@@]21OCC1=O. The maximum atomic E-state index is 12.5. The van der Waals surface area contributed by atoms with Gasteiger partial charge in [-0.25, -0.2) is 0 Å². The minimum Gasteiger partial charge on any atom is -0.393 e. The van der Waals surface area contributed by atoms with Crippen molar-refractivity contribution in [3.05, 3.63) is 11.6 Å². The lowest BCUT2D eigenvalue weighted by atomic mass is 9.45. The normalized spacial score (nSPS) is 54.4. The van der Waals surface area contributed by atoms with Crippen LogP contribution in [-0.2, 0) is 14.3 Å². The van der Waals surface area contributed by atoms with E-state index in [9.17, 15) is 14.7 Å². The van der Waals surface area contributed by atoms with Crippen LogP contribution >= 0.6 is 0 Å². The van der Waals surface area contributed by atoms with Crippen LogP contribution in [0.5, 0.6) is 0 Å². The second-order valence-corrected chi connectivity index (χ2v) is 9.65. The van der Waals surface area contributed by atoms with Gasteiger partial charge in [0, 0.05) is 11.8 Å². The number of hydrogen-bond acceptors (Lipinski definition) is 4. The van der Waals surface area contributed by atoms with Gasteiger partial charge in [0.1, 0.15) is 12.2 Å². The number of Topliss-reactive ketones (excluding diaryl/α,β-unsaturated/α-hetero) is 1. The molecule has 0 aromatic carbocycles. The Morgan fingerprint density at radius 2 is 1.96 bits per heavy atom. The summed E-state index contributed by atoms with van der Waals surface area (Å²) in [6.45, 7) is 4.71. The van der Waals surface area contributed by atoms with Crippen molar-refractivity contribution in [2.24, 2.45) is 28.6 Å². The van der Waals surface area contributed by atoms with Gasteiger partial charge < -0.3 is 9.84 Å². The second kappa shape index (κ2) is 4.83. The smallest absolute Gasteiger partial charge is 0.190 e. The molecular formula is C21H28O4. The van der Waals surface area contributed by atoms with Crippen LogP contribution in [0.1, 0.15) is 58.8 Å². The average molecular weight is 344 g/mol. The van der Waals surface area contributed by atoms with Crippen molar-refractivity contribution in [1.29, 1.82) is 0 Å². The van der Waals surface area contributed by atoms with Gasteiger partial charge in [0.25, 0.3) is 0 Å². The molecule has 1 aliphatic heterocycles. The highest BCUT2D eigenvalue weighted by atomic mass is 16.5. The fourth-order valence-electron chi connectivity index (χ4n) is 7.68. The zero-order chi connectivity index (χ0) is 17.6. The highest BCUT2D eigenvalue weighted by Crippen LogP contribution is 2.69. The lowest BCUT2D eigenvalue weighted by molar-refractivity contribution is -0.226. The fraction of sp³-hybridized carbons (Fsp3) is 0.810. The zero-order valence-corrected chi connectivity index (χ0v) is 15.2. The first kappa shape index (κ1) is 16.2. The molecule has 4 nitrogen and oxygen atoms in total. The second-order valence-electron chi connectivity index (χ2n) is 9.65. The molecule has 4 heteroatoms. The first-order valence-corrected chi connectivity index (χ1v) is 9.91. The Hall–Kier alpha value is -1.00. The van der Waals surface area contributed by atoms with E-state index in [1.54, 1.807) is 0 Å². The number of rotatable bonds is 0. The van der Waals surface area contributed by atoms with E-state index in [2.05, 4.69) is 13.8 Å². The maximum absolute atomic E-state index is 12.5. The Kier molecular flexibility index (Phi) is 3.13. The summed E-state index contributed by atoms with van der Waals surface area (Å²) in [6.07, 6.45) is 7.41. The summed E-state index contributed by atoms with van der Waals surface area (Å²) < 4.78 is 5.92. The number of ether oxygens (including phenoxy) is 1. The Morgan fingerprint density at radius 1 is 1.16 bits per heavy atom. The van der Waals surface area contributed by atoms with Crippen LogP contribution in [0.15, 0.2) is 11.6 Å². The van der Waals surface area contributed by atoms with E-state index < -0.39 is 11.7 Å². The van der Waals surface area contributed by atoms with E-state index in [4.69, 9.17) is 4.74 Å². The molecule has 0 amide bonds. The number of carbonyl (C=O) groups excluding carboxylic acids is 2. The minimum absolute atomic E-state index is 0.0577. The van der Waals surface area contributed by atoms with E-state index in [-0.39, 0.29) is 34.9 Å². The van der Waals surface area contributed by atoms with Crippen LogP contribution in [0.4, 0.5) is 0 Å². The van der Waals surface area contributed by atoms with Crippen LogP contribution in [0, 0.1) is 28.6 Å². The number of allylic oxidation sites excluding steroid dienone is 1.